The predicted molar refractivity (Wildman–Crippen MR) is 111 cm³/mol. The number of aromatic amines is 1. The average Bonchev–Trinajstić information content (AvgIpc) is 2.74. The van der Waals surface area contributed by atoms with Gasteiger partial charge in [-0.1, -0.05) is 66.8 Å². The second-order valence-corrected chi connectivity index (χ2v) is 5.85. The van der Waals surface area contributed by atoms with Crippen molar-refractivity contribution in [1.82, 2.24) is 9.97 Å². The van der Waals surface area contributed by atoms with Crippen LogP contribution >= 0.6 is 0 Å². The maximum Gasteiger partial charge on any atom is 0.293 e. The highest BCUT2D eigenvalue weighted by atomic mass is 16.6. The lowest BCUT2D eigenvalue weighted by Crippen LogP contribution is -2.17. The van der Waals surface area contributed by atoms with Gasteiger partial charge in [0.1, 0.15) is 11.5 Å². The van der Waals surface area contributed by atoms with Gasteiger partial charge in [-0.3, -0.25) is 4.79 Å². The topological polar surface area (TPSA) is 95.4 Å². The van der Waals surface area contributed by atoms with Crippen molar-refractivity contribution in [1.29, 1.82) is 0 Å². The minimum absolute atomic E-state index is 0.174. The van der Waals surface area contributed by atoms with Gasteiger partial charge in [0.2, 0.25) is 12.0 Å². The van der Waals surface area contributed by atoms with Crippen molar-refractivity contribution < 1.29 is 14.9 Å². The molecule has 6 heteroatoms. The van der Waals surface area contributed by atoms with E-state index in [1.807, 2.05) is 42.5 Å². The Balaban J connectivity index is 0.000000552. The first kappa shape index (κ1) is 23.1. The number of aromatic hydroxyl groups is 1. The van der Waals surface area contributed by atoms with Crippen molar-refractivity contribution >= 4 is 0 Å². The number of nitrogens with one attached hydrogen (secondary N) is 1. The Morgan fingerprint density at radius 2 is 1.86 bits per heavy atom. The number of methoxy groups -OCH3 is 1. The molecule has 0 aliphatic rings. The van der Waals surface area contributed by atoms with E-state index in [1.165, 1.54) is 7.11 Å². The van der Waals surface area contributed by atoms with E-state index in [2.05, 4.69) is 27.9 Å². The summed E-state index contributed by atoms with van der Waals surface area (Å²) in [5.41, 5.74) is 0.229. The number of aryl methyl sites for hydroxylation is 1. The smallest absolute Gasteiger partial charge is 0.293 e. The summed E-state index contributed by atoms with van der Waals surface area (Å²) in [6.07, 6.45) is 7.00. The van der Waals surface area contributed by atoms with Gasteiger partial charge < -0.3 is 19.9 Å². The Morgan fingerprint density at radius 3 is 2.36 bits per heavy atom. The Labute approximate surface area is 165 Å². The molecular weight excluding hydrogens is 356 g/mol. The number of aliphatic hydroxyl groups is 1. The van der Waals surface area contributed by atoms with Gasteiger partial charge >= 0.3 is 0 Å². The normalized spacial score (nSPS) is 11.9. The quantitative estimate of drug-likeness (QED) is 0.347. The van der Waals surface area contributed by atoms with Crippen molar-refractivity contribution in [3.05, 3.63) is 95.2 Å². The number of H-pyrrole nitrogens is 1. The number of aromatic nitrogens is 2. The molecule has 28 heavy (non-hydrogen) atoms. The number of allylic oxidation sites excluding steroid dienone is 4. The third-order valence-electron chi connectivity index (χ3n) is 3.78. The van der Waals surface area contributed by atoms with Gasteiger partial charge in [0, 0.05) is 13.5 Å². The van der Waals surface area contributed by atoms with E-state index < -0.39 is 17.6 Å². The second-order valence-electron chi connectivity index (χ2n) is 5.85. The van der Waals surface area contributed by atoms with Gasteiger partial charge in [-0.15, -0.1) is 6.58 Å². The molecule has 1 aromatic carbocycles. The summed E-state index contributed by atoms with van der Waals surface area (Å²) in [6, 6.07) is 12.0. The third-order valence-corrected chi connectivity index (χ3v) is 3.78. The molecule has 3 N–H and O–H groups in total. The van der Waals surface area contributed by atoms with Crippen molar-refractivity contribution in [3.8, 4) is 5.75 Å². The average molecular weight is 384 g/mol. The monoisotopic (exact) mass is 384 g/mol. The first-order valence-electron chi connectivity index (χ1n) is 8.98. The fourth-order valence-electron chi connectivity index (χ4n) is 2.30. The molecule has 2 rings (SSSR count). The number of hydrogen-bond donors (Lipinski definition) is 3. The van der Waals surface area contributed by atoms with Crippen LogP contribution in [0.5, 0.6) is 5.75 Å². The number of ether oxygens (including phenoxy) is 1. The maximum absolute atomic E-state index is 11.6. The molecule has 0 spiro atoms. The van der Waals surface area contributed by atoms with Crippen LogP contribution in [0.3, 0.4) is 0 Å². The van der Waals surface area contributed by atoms with Gasteiger partial charge in [0.25, 0.3) is 5.56 Å². The second kappa shape index (κ2) is 13.2. The van der Waals surface area contributed by atoms with Crippen LogP contribution in [-0.4, -0.2) is 27.3 Å². The highest BCUT2D eigenvalue weighted by Gasteiger charge is 2.17. The summed E-state index contributed by atoms with van der Waals surface area (Å²) in [5.74, 6) is -0.239. The van der Waals surface area contributed by atoms with E-state index in [9.17, 15) is 15.0 Å². The first-order valence-corrected chi connectivity index (χ1v) is 8.98. The molecule has 6 nitrogen and oxygen atoms in total. The van der Waals surface area contributed by atoms with E-state index in [-0.39, 0.29) is 5.69 Å². The van der Waals surface area contributed by atoms with Crippen molar-refractivity contribution in [2.75, 3.05) is 7.11 Å². The Bertz CT molecular complexity index is 786. The van der Waals surface area contributed by atoms with Crippen LogP contribution in [0.4, 0.5) is 0 Å². The Kier molecular flexibility index (Phi) is 10.9. The summed E-state index contributed by atoms with van der Waals surface area (Å²) in [6.45, 7) is 7.41. The zero-order valence-corrected chi connectivity index (χ0v) is 16.2. The standard InChI is InChI=1S/C16H22N2O4.C6H6/c1-4-6-8-11(5-2)9-7-10-12-17-13(16(21)22-3)14(19)15(20)18-12;1-2-4-6-5-3-1/h4-5,8,16,19,21H,1-2,6-7,9-10H2,3H3,(H,17,18,20);1-6H. The van der Waals surface area contributed by atoms with Gasteiger partial charge in [-0.2, -0.15) is 0 Å². The van der Waals surface area contributed by atoms with Gasteiger partial charge in [-0.25, -0.2) is 4.98 Å². The fraction of sp³-hybridized carbons (Fsp3) is 0.273. The first-order chi connectivity index (χ1) is 13.5. The Morgan fingerprint density at radius 1 is 1.25 bits per heavy atom. The van der Waals surface area contributed by atoms with Gasteiger partial charge in [0.05, 0.1) is 0 Å². The molecule has 150 valence electrons. The van der Waals surface area contributed by atoms with Crippen molar-refractivity contribution in [2.45, 2.75) is 32.0 Å². The molecule has 2 aromatic rings. The molecule has 0 aliphatic heterocycles. The van der Waals surface area contributed by atoms with Gasteiger partial charge in [0.15, 0.2) is 0 Å². The zero-order chi connectivity index (χ0) is 20.8. The highest BCUT2D eigenvalue weighted by Crippen LogP contribution is 2.18. The maximum atomic E-state index is 11.6. The molecule has 0 radical (unpaired) electrons. The van der Waals surface area contributed by atoms with Crippen LogP contribution in [0.1, 0.15) is 37.1 Å². The van der Waals surface area contributed by atoms with Gasteiger partial charge in [-0.05, 0) is 19.3 Å². The molecule has 0 amide bonds. The SMILES string of the molecule is C=CCC=C(C=C)CCCc1nc(C(O)OC)c(O)c(=O)[nH]1.c1ccccc1. The minimum Gasteiger partial charge on any atom is -0.502 e. The molecule has 0 fully saturated rings. The van der Waals surface area contributed by atoms with E-state index >= 15 is 0 Å². The van der Waals surface area contributed by atoms with Crippen LogP contribution in [0, 0.1) is 0 Å². The van der Waals surface area contributed by atoms with Crippen molar-refractivity contribution in [3.63, 3.8) is 0 Å². The van der Waals surface area contributed by atoms with E-state index in [4.69, 9.17) is 0 Å². The summed E-state index contributed by atoms with van der Waals surface area (Å²) in [4.78, 5) is 18.2. The van der Waals surface area contributed by atoms with E-state index in [1.54, 1.807) is 12.2 Å². The lowest BCUT2D eigenvalue weighted by atomic mass is 10.1. The van der Waals surface area contributed by atoms with Crippen molar-refractivity contribution in [2.24, 2.45) is 0 Å². The summed E-state index contributed by atoms with van der Waals surface area (Å²) < 4.78 is 4.68. The molecular formula is C22H28N2O4. The number of rotatable bonds is 9. The molecule has 1 atom stereocenters. The van der Waals surface area contributed by atoms with Crippen LogP contribution in [0.15, 0.2) is 78.2 Å². The third kappa shape index (κ3) is 8.16. The lowest BCUT2D eigenvalue weighted by molar-refractivity contribution is -0.0814. The number of hydrogen-bond acceptors (Lipinski definition) is 5. The molecule has 1 heterocycles. The summed E-state index contributed by atoms with van der Waals surface area (Å²) >= 11 is 0. The summed E-state index contributed by atoms with van der Waals surface area (Å²) in [7, 11) is 1.26. The van der Waals surface area contributed by atoms with E-state index in [0.29, 0.717) is 12.2 Å². The van der Waals surface area contributed by atoms with E-state index in [0.717, 1.165) is 24.8 Å². The predicted octanol–water partition coefficient (Wildman–Crippen LogP) is 3.81. The van der Waals surface area contributed by atoms with Crippen LogP contribution < -0.4 is 5.56 Å². The largest absolute Gasteiger partial charge is 0.502 e. The number of aliphatic hydroxyl groups excluding tert-OH is 1. The number of benzene rings is 1. The molecule has 0 bridgehead atoms. The lowest BCUT2D eigenvalue weighted by Gasteiger charge is -2.11. The molecule has 1 aromatic heterocycles. The van der Waals surface area contributed by atoms with Crippen LogP contribution in [-0.2, 0) is 11.2 Å². The molecule has 0 aliphatic carbocycles. The van der Waals surface area contributed by atoms with Crippen LogP contribution in [0.25, 0.3) is 0 Å². The van der Waals surface area contributed by atoms with Crippen LogP contribution in [0.2, 0.25) is 0 Å². The number of nitrogens with zero attached hydrogens (tertiary/aromatic N) is 1. The summed E-state index contributed by atoms with van der Waals surface area (Å²) in [5, 5.41) is 19.2. The highest BCUT2D eigenvalue weighted by molar-refractivity contribution is 5.24. The minimum atomic E-state index is -1.43. The molecule has 0 saturated carbocycles. The fourth-order valence-corrected chi connectivity index (χ4v) is 2.30. The molecule has 0 saturated heterocycles. The Hall–Kier alpha value is -2.96. The molecule has 1 unspecified atom stereocenters. The zero-order valence-electron chi connectivity index (χ0n) is 16.2.